The van der Waals surface area contributed by atoms with Gasteiger partial charge in [0.25, 0.3) is 0 Å². The summed E-state index contributed by atoms with van der Waals surface area (Å²) in [6.45, 7) is 5.03. The smallest absolute Gasteiger partial charge is 0.227 e. The first-order valence-electron chi connectivity index (χ1n) is 6.32. The molecule has 106 valence electrons. The zero-order valence-electron chi connectivity index (χ0n) is 11.5. The maximum Gasteiger partial charge on any atom is 0.227 e. The van der Waals surface area contributed by atoms with Crippen molar-refractivity contribution in [3.8, 4) is 11.4 Å². The van der Waals surface area contributed by atoms with Gasteiger partial charge in [-0.05, 0) is 18.1 Å². The molecular formula is C13H17N5OS. The molecule has 0 aliphatic carbocycles. The Bertz CT molecular complexity index is 582. The molecular weight excluding hydrogens is 274 g/mol. The maximum atomic E-state index is 10.9. The third-order valence-electron chi connectivity index (χ3n) is 2.55. The molecule has 0 aromatic carbocycles. The van der Waals surface area contributed by atoms with Crippen molar-refractivity contribution >= 4 is 17.7 Å². The second-order valence-corrected chi connectivity index (χ2v) is 5.74. The van der Waals surface area contributed by atoms with E-state index in [2.05, 4.69) is 29.0 Å². The van der Waals surface area contributed by atoms with Crippen LogP contribution < -0.4 is 5.73 Å². The van der Waals surface area contributed by atoms with Crippen LogP contribution in [0, 0.1) is 5.92 Å². The normalized spacial score (nSPS) is 10.9. The summed E-state index contributed by atoms with van der Waals surface area (Å²) < 4.78 is 2.02. The number of amides is 1. The Labute approximate surface area is 121 Å². The maximum absolute atomic E-state index is 10.9. The van der Waals surface area contributed by atoms with E-state index in [-0.39, 0.29) is 11.7 Å². The van der Waals surface area contributed by atoms with Crippen molar-refractivity contribution in [1.82, 2.24) is 19.7 Å². The van der Waals surface area contributed by atoms with Crippen molar-refractivity contribution < 1.29 is 4.79 Å². The average Bonchev–Trinajstić information content (AvgIpc) is 2.79. The number of nitrogens with two attached hydrogens (primary N) is 1. The highest BCUT2D eigenvalue weighted by Crippen LogP contribution is 2.24. The molecule has 6 nitrogen and oxygen atoms in total. The molecule has 20 heavy (non-hydrogen) atoms. The van der Waals surface area contributed by atoms with Gasteiger partial charge in [-0.15, -0.1) is 10.2 Å². The molecule has 2 heterocycles. The summed E-state index contributed by atoms with van der Waals surface area (Å²) in [6.07, 6.45) is 3.44. The summed E-state index contributed by atoms with van der Waals surface area (Å²) in [7, 11) is 0. The largest absolute Gasteiger partial charge is 0.369 e. The summed E-state index contributed by atoms with van der Waals surface area (Å²) in [5.74, 6) is 1.07. The number of rotatable bonds is 6. The predicted molar refractivity (Wildman–Crippen MR) is 78.0 cm³/mol. The van der Waals surface area contributed by atoms with Crippen LogP contribution in [0.5, 0.6) is 0 Å². The number of hydrogen-bond donors (Lipinski definition) is 1. The van der Waals surface area contributed by atoms with Crippen molar-refractivity contribution in [1.29, 1.82) is 0 Å². The highest BCUT2D eigenvalue weighted by Gasteiger charge is 2.15. The zero-order chi connectivity index (χ0) is 14.5. The molecule has 0 saturated heterocycles. The lowest BCUT2D eigenvalue weighted by molar-refractivity contribution is -0.115. The van der Waals surface area contributed by atoms with Crippen LogP contribution in [-0.4, -0.2) is 31.4 Å². The highest BCUT2D eigenvalue weighted by atomic mass is 32.2. The van der Waals surface area contributed by atoms with Crippen molar-refractivity contribution in [2.24, 2.45) is 11.7 Å². The molecule has 0 aliphatic rings. The van der Waals surface area contributed by atoms with Gasteiger partial charge in [0, 0.05) is 24.5 Å². The first-order valence-corrected chi connectivity index (χ1v) is 7.31. The van der Waals surface area contributed by atoms with Crippen molar-refractivity contribution in [2.75, 3.05) is 5.75 Å². The summed E-state index contributed by atoms with van der Waals surface area (Å²) in [4.78, 5) is 14.9. The van der Waals surface area contributed by atoms with Crippen molar-refractivity contribution in [2.45, 2.75) is 25.5 Å². The summed E-state index contributed by atoms with van der Waals surface area (Å²) in [6, 6.07) is 3.78. The van der Waals surface area contributed by atoms with Crippen LogP contribution in [0.3, 0.4) is 0 Å². The SMILES string of the molecule is CC(C)Cn1c(SCC(N)=O)nnc1-c1ccncc1. The number of pyridine rings is 1. The standard InChI is InChI=1S/C13H17N5OS/c1-9(2)7-18-12(10-3-5-15-6-4-10)16-17-13(18)20-8-11(14)19/h3-6,9H,7-8H2,1-2H3,(H2,14,19). The van der Waals surface area contributed by atoms with E-state index < -0.39 is 0 Å². The van der Waals surface area contributed by atoms with E-state index in [9.17, 15) is 4.79 Å². The molecule has 2 rings (SSSR count). The van der Waals surface area contributed by atoms with Crippen molar-refractivity contribution in [3.05, 3.63) is 24.5 Å². The molecule has 0 spiro atoms. The van der Waals surface area contributed by atoms with E-state index >= 15 is 0 Å². The fourth-order valence-electron chi connectivity index (χ4n) is 1.78. The highest BCUT2D eigenvalue weighted by molar-refractivity contribution is 7.99. The molecule has 1 amide bonds. The monoisotopic (exact) mass is 291 g/mol. The quantitative estimate of drug-likeness (QED) is 0.816. The second-order valence-electron chi connectivity index (χ2n) is 4.80. The molecule has 2 aromatic rings. The fraction of sp³-hybridized carbons (Fsp3) is 0.385. The Morgan fingerprint density at radius 1 is 1.35 bits per heavy atom. The van der Waals surface area contributed by atoms with E-state index in [1.807, 2.05) is 16.7 Å². The molecule has 0 atom stereocenters. The van der Waals surface area contributed by atoms with E-state index in [1.54, 1.807) is 12.4 Å². The molecule has 7 heteroatoms. The number of carbonyl (C=O) groups is 1. The van der Waals surface area contributed by atoms with Gasteiger partial charge in [-0.1, -0.05) is 25.6 Å². The van der Waals surface area contributed by atoms with E-state index in [1.165, 1.54) is 11.8 Å². The van der Waals surface area contributed by atoms with Gasteiger partial charge in [-0.3, -0.25) is 9.78 Å². The van der Waals surface area contributed by atoms with Crippen LogP contribution >= 0.6 is 11.8 Å². The molecule has 0 bridgehead atoms. The summed E-state index contributed by atoms with van der Waals surface area (Å²) in [5.41, 5.74) is 6.14. The lowest BCUT2D eigenvalue weighted by Gasteiger charge is -2.12. The van der Waals surface area contributed by atoms with E-state index in [0.717, 1.165) is 17.9 Å². The number of carbonyl (C=O) groups excluding carboxylic acids is 1. The Hall–Kier alpha value is -1.89. The number of aromatic nitrogens is 4. The number of nitrogens with zero attached hydrogens (tertiary/aromatic N) is 4. The molecule has 0 unspecified atom stereocenters. The minimum absolute atomic E-state index is 0.201. The third-order valence-corrected chi connectivity index (χ3v) is 3.54. The molecule has 0 aliphatic heterocycles. The molecule has 0 fully saturated rings. The summed E-state index contributed by atoms with van der Waals surface area (Å²) >= 11 is 1.31. The van der Waals surface area contributed by atoms with Gasteiger partial charge in [0.15, 0.2) is 11.0 Å². The predicted octanol–water partition coefficient (Wildman–Crippen LogP) is 1.57. The van der Waals surface area contributed by atoms with Crippen LogP contribution in [0.4, 0.5) is 0 Å². The zero-order valence-corrected chi connectivity index (χ0v) is 12.3. The molecule has 2 N–H and O–H groups in total. The number of thioether (sulfide) groups is 1. The van der Waals surface area contributed by atoms with Gasteiger partial charge >= 0.3 is 0 Å². The fourth-order valence-corrected chi connectivity index (χ4v) is 2.46. The third kappa shape index (κ3) is 3.57. The van der Waals surface area contributed by atoms with Gasteiger partial charge in [0.05, 0.1) is 5.75 Å². The van der Waals surface area contributed by atoms with Gasteiger partial charge in [-0.2, -0.15) is 0 Å². The van der Waals surface area contributed by atoms with Gasteiger partial charge in [0.2, 0.25) is 5.91 Å². The minimum Gasteiger partial charge on any atom is -0.369 e. The lowest BCUT2D eigenvalue weighted by Crippen LogP contribution is -2.14. The molecule has 2 aromatic heterocycles. The number of hydrogen-bond acceptors (Lipinski definition) is 5. The van der Waals surface area contributed by atoms with Crippen LogP contribution in [0.25, 0.3) is 11.4 Å². The molecule has 0 saturated carbocycles. The van der Waals surface area contributed by atoms with Gasteiger partial charge in [0.1, 0.15) is 0 Å². The first kappa shape index (κ1) is 14.5. The minimum atomic E-state index is -0.362. The van der Waals surface area contributed by atoms with Crippen LogP contribution in [0.1, 0.15) is 13.8 Å². The Morgan fingerprint density at radius 3 is 2.65 bits per heavy atom. The van der Waals surface area contributed by atoms with Gasteiger partial charge < -0.3 is 10.3 Å². The van der Waals surface area contributed by atoms with Crippen molar-refractivity contribution in [3.63, 3.8) is 0 Å². The van der Waals surface area contributed by atoms with Crippen LogP contribution in [0.15, 0.2) is 29.7 Å². The van der Waals surface area contributed by atoms with Gasteiger partial charge in [-0.25, -0.2) is 0 Å². The van der Waals surface area contributed by atoms with Crippen LogP contribution in [-0.2, 0) is 11.3 Å². The summed E-state index contributed by atoms with van der Waals surface area (Å²) in [5, 5.41) is 9.11. The Morgan fingerprint density at radius 2 is 2.05 bits per heavy atom. The Kier molecular flexibility index (Phi) is 4.73. The lowest BCUT2D eigenvalue weighted by atomic mass is 10.2. The first-order chi connectivity index (χ1) is 9.58. The second kappa shape index (κ2) is 6.51. The van der Waals surface area contributed by atoms with E-state index in [0.29, 0.717) is 11.1 Å². The molecule has 0 radical (unpaired) electrons. The van der Waals surface area contributed by atoms with E-state index in [4.69, 9.17) is 5.73 Å². The topological polar surface area (TPSA) is 86.7 Å². The Balaban J connectivity index is 2.34. The number of primary amides is 1. The average molecular weight is 291 g/mol. The van der Waals surface area contributed by atoms with Crippen LogP contribution in [0.2, 0.25) is 0 Å².